The normalized spacial score (nSPS) is 10.4. The molecule has 1 amide bonds. The molecule has 0 bridgehead atoms. The van der Waals surface area contributed by atoms with E-state index in [1.807, 2.05) is 25.1 Å². The van der Waals surface area contributed by atoms with Crippen molar-refractivity contribution in [1.82, 2.24) is 9.97 Å². The number of amides is 1. The van der Waals surface area contributed by atoms with Gasteiger partial charge in [0, 0.05) is 18.1 Å². The Hall–Kier alpha value is -3.35. The van der Waals surface area contributed by atoms with Gasteiger partial charge in [0.2, 0.25) is 5.95 Å². The number of hydrogen-bond donors (Lipinski definition) is 2. The summed E-state index contributed by atoms with van der Waals surface area (Å²) < 4.78 is 27.2. The zero-order valence-electron chi connectivity index (χ0n) is 13.3. The van der Waals surface area contributed by atoms with Gasteiger partial charge in [-0.2, -0.15) is 0 Å². The summed E-state index contributed by atoms with van der Waals surface area (Å²) in [6.45, 7) is 1.88. The molecule has 2 aromatic carbocycles. The second-order valence-corrected chi connectivity index (χ2v) is 5.29. The number of benzene rings is 2. The van der Waals surface area contributed by atoms with E-state index in [4.69, 9.17) is 0 Å². The molecule has 0 spiro atoms. The lowest BCUT2D eigenvalue weighted by Crippen LogP contribution is -2.14. The van der Waals surface area contributed by atoms with Crippen LogP contribution in [0.15, 0.2) is 54.9 Å². The molecule has 0 fully saturated rings. The number of aromatic nitrogens is 2. The third-order valence-electron chi connectivity index (χ3n) is 3.51. The van der Waals surface area contributed by atoms with Crippen LogP contribution in [0.5, 0.6) is 0 Å². The predicted octanol–water partition coefficient (Wildman–Crippen LogP) is 4.06. The summed E-state index contributed by atoms with van der Waals surface area (Å²) >= 11 is 0. The van der Waals surface area contributed by atoms with Gasteiger partial charge in [-0.3, -0.25) is 4.79 Å². The highest BCUT2D eigenvalue weighted by atomic mass is 19.1. The summed E-state index contributed by atoms with van der Waals surface area (Å²) in [5.41, 5.74) is 1.48. The fourth-order valence-corrected chi connectivity index (χ4v) is 2.15. The van der Waals surface area contributed by atoms with E-state index in [2.05, 4.69) is 20.6 Å². The van der Waals surface area contributed by atoms with Crippen LogP contribution in [0, 0.1) is 18.6 Å². The van der Waals surface area contributed by atoms with Crippen LogP contribution < -0.4 is 10.6 Å². The minimum Gasteiger partial charge on any atom is -0.322 e. The molecule has 3 rings (SSSR count). The number of carbonyl (C=O) groups excluding carboxylic acids is 1. The van der Waals surface area contributed by atoms with Gasteiger partial charge in [0.1, 0.15) is 17.3 Å². The largest absolute Gasteiger partial charge is 0.322 e. The van der Waals surface area contributed by atoms with Crippen molar-refractivity contribution in [2.75, 3.05) is 10.6 Å². The van der Waals surface area contributed by atoms with Crippen LogP contribution in [0.1, 0.15) is 15.9 Å². The average molecular weight is 340 g/mol. The lowest BCUT2D eigenvalue weighted by Gasteiger charge is -2.09. The number of halogens is 2. The van der Waals surface area contributed by atoms with Crippen molar-refractivity contribution < 1.29 is 13.6 Å². The zero-order valence-corrected chi connectivity index (χ0v) is 13.3. The van der Waals surface area contributed by atoms with E-state index in [1.54, 1.807) is 6.07 Å². The number of rotatable bonds is 4. The van der Waals surface area contributed by atoms with Gasteiger partial charge < -0.3 is 10.6 Å². The van der Waals surface area contributed by atoms with E-state index < -0.39 is 11.6 Å². The van der Waals surface area contributed by atoms with Crippen LogP contribution in [-0.2, 0) is 0 Å². The number of anilines is 3. The first-order valence-corrected chi connectivity index (χ1v) is 7.44. The Morgan fingerprint density at radius 2 is 1.60 bits per heavy atom. The van der Waals surface area contributed by atoms with Crippen molar-refractivity contribution in [2.45, 2.75) is 6.92 Å². The summed E-state index contributed by atoms with van der Waals surface area (Å²) in [5, 5.41) is 5.22. The first kappa shape index (κ1) is 16.5. The van der Waals surface area contributed by atoms with Crippen LogP contribution >= 0.6 is 0 Å². The van der Waals surface area contributed by atoms with Crippen molar-refractivity contribution in [2.24, 2.45) is 0 Å². The van der Waals surface area contributed by atoms with Crippen LogP contribution in [0.3, 0.4) is 0 Å². The standard InChI is InChI=1S/C18H14F2N4O/c1-11-5-2-3-8-15(11)23-17(25)12-9-21-18(22-10-12)24-16-13(19)6-4-7-14(16)20/h2-10H,1H3,(H,23,25)(H,21,22,24). The maximum Gasteiger partial charge on any atom is 0.258 e. The van der Waals surface area contributed by atoms with Gasteiger partial charge in [-0.05, 0) is 30.7 Å². The summed E-state index contributed by atoms with van der Waals surface area (Å²) in [6.07, 6.45) is 2.56. The number of aryl methyl sites for hydroxylation is 1. The van der Waals surface area contributed by atoms with Gasteiger partial charge in [-0.1, -0.05) is 24.3 Å². The first-order valence-electron chi connectivity index (χ1n) is 7.44. The highest BCUT2D eigenvalue weighted by molar-refractivity contribution is 6.04. The van der Waals surface area contributed by atoms with Crippen molar-refractivity contribution in [1.29, 1.82) is 0 Å². The Morgan fingerprint density at radius 3 is 2.24 bits per heavy atom. The molecule has 0 atom stereocenters. The predicted molar refractivity (Wildman–Crippen MR) is 90.8 cm³/mol. The molecule has 25 heavy (non-hydrogen) atoms. The van der Waals surface area contributed by atoms with E-state index in [-0.39, 0.29) is 23.1 Å². The number of carbonyl (C=O) groups is 1. The van der Waals surface area contributed by atoms with E-state index >= 15 is 0 Å². The van der Waals surface area contributed by atoms with Gasteiger partial charge >= 0.3 is 0 Å². The van der Waals surface area contributed by atoms with Crippen LogP contribution in [0.2, 0.25) is 0 Å². The quantitative estimate of drug-likeness (QED) is 0.752. The second kappa shape index (κ2) is 7.04. The molecule has 0 aliphatic rings. The Morgan fingerprint density at radius 1 is 0.960 bits per heavy atom. The number of nitrogens with zero attached hydrogens (tertiary/aromatic N) is 2. The molecule has 2 N–H and O–H groups in total. The minimum atomic E-state index is -0.759. The van der Waals surface area contributed by atoms with Crippen LogP contribution in [-0.4, -0.2) is 15.9 Å². The van der Waals surface area contributed by atoms with Crippen molar-refractivity contribution >= 4 is 23.2 Å². The van der Waals surface area contributed by atoms with Crippen molar-refractivity contribution in [3.8, 4) is 0 Å². The molecule has 126 valence electrons. The van der Waals surface area contributed by atoms with E-state index in [9.17, 15) is 13.6 Å². The first-order chi connectivity index (χ1) is 12.0. The van der Waals surface area contributed by atoms with Gasteiger partial charge in [-0.15, -0.1) is 0 Å². The fraction of sp³-hybridized carbons (Fsp3) is 0.0556. The summed E-state index contributed by atoms with van der Waals surface area (Å²) in [4.78, 5) is 20.1. The third kappa shape index (κ3) is 3.77. The third-order valence-corrected chi connectivity index (χ3v) is 3.51. The highest BCUT2D eigenvalue weighted by Gasteiger charge is 2.12. The van der Waals surface area contributed by atoms with Crippen LogP contribution in [0.25, 0.3) is 0 Å². The van der Waals surface area contributed by atoms with E-state index in [0.29, 0.717) is 5.69 Å². The van der Waals surface area contributed by atoms with Gasteiger partial charge in [0.15, 0.2) is 0 Å². The van der Waals surface area contributed by atoms with Crippen molar-refractivity contribution in [3.05, 3.63) is 77.6 Å². The summed E-state index contributed by atoms with van der Waals surface area (Å²) in [7, 11) is 0. The lowest BCUT2D eigenvalue weighted by atomic mass is 10.2. The maximum absolute atomic E-state index is 13.6. The molecule has 0 saturated carbocycles. The van der Waals surface area contributed by atoms with Gasteiger partial charge in [0.25, 0.3) is 5.91 Å². The van der Waals surface area contributed by atoms with E-state index in [0.717, 1.165) is 17.7 Å². The molecule has 0 radical (unpaired) electrons. The Kier molecular flexibility index (Phi) is 4.65. The molecule has 0 unspecified atom stereocenters. The maximum atomic E-state index is 13.6. The molecule has 1 heterocycles. The molecule has 0 saturated heterocycles. The Labute approximate surface area is 142 Å². The molecule has 7 heteroatoms. The smallest absolute Gasteiger partial charge is 0.258 e. The number of nitrogens with one attached hydrogen (secondary N) is 2. The molecule has 1 aromatic heterocycles. The zero-order chi connectivity index (χ0) is 17.8. The fourth-order valence-electron chi connectivity index (χ4n) is 2.15. The van der Waals surface area contributed by atoms with Gasteiger partial charge in [0.05, 0.1) is 5.56 Å². The molecular weight excluding hydrogens is 326 g/mol. The average Bonchev–Trinajstić information content (AvgIpc) is 2.61. The Balaban J connectivity index is 1.74. The second-order valence-electron chi connectivity index (χ2n) is 5.29. The van der Waals surface area contributed by atoms with E-state index in [1.165, 1.54) is 18.5 Å². The lowest BCUT2D eigenvalue weighted by molar-refractivity contribution is 0.102. The molecule has 0 aliphatic heterocycles. The number of hydrogen-bond acceptors (Lipinski definition) is 4. The molecule has 5 nitrogen and oxygen atoms in total. The van der Waals surface area contributed by atoms with Crippen LogP contribution in [0.4, 0.5) is 26.1 Å². The summed E-state index contributed by atoms with van der Waals surface area (Å²) in [5.74, 6) is -1.91. The SMILES string of the molecule is Cc1ccccc1NC(=O)c1cnc(Nc2c(F)cccc2F)nc1. The number of para-hydroxylation sites is 2. The topological polar surface area (TPSA) is 66.9 Å². The highest BCUT2D eigenvalue weighted by Crippen LogP contribution is 2.21. The molecule has 0 aliphatic carbocycles. The Bertz CT molecular complexity index is 893. The van der Waals surface area contributed by atoms with Gasteiger partial charge in [-0.25, -0.2) is 18.7 Å². The minimum absolute atomic E-state index is 0.0172. The monoisotopic (exact) mass is 340 g/mol. The molecular formula is C18H14F2N4O. The molecule has 3 aromatic rings. The summed E-state index contributed by atoms with van der Waals surface area (Å²) in [6, 6.07) is 10.8. The van der Waals surface area contributed by atoms with Crippen molar-refractivity contribution in [3.63, 3.8) is 0 Å².